The lowest BCUT2D eigenvalue weighted by molar-refractivity contribution is 0.391. The van der Waals surface area contributed by atoms with Crippen LogP contribution in [0.5, 0.6) is 11.5 Å². The number of aromatic nitrogens is 1. The van der Waals surface area contributed by atoms with Gasteiger partial charge < -0.3 is 15.6 Å². The Morgan fingerprint density at radius 1 is 1.35 bits per heavy atom. The molecule has 1 aromatic carbocycles. The Morgan fingerprint density at radius 2 is 2.20 bits per heavy atom. The number of aromatic hydroxyl groups is 1. The van der Waals surface area contributed by atoms with Gasteiger partial charge >= 0.3 is 0 Å². The van der Waals surface area contributed by atoms with Gasteiger partial charge in [-0.15, -0.1) is 0 Å². The number of phenols is 1. The van der Waals surface area contributed by atoms with Crippen molar-refractivity contribution in [3.05, 3.63) is 65.3 Å². The molecule has 2 aromatic rings. The van der Waals surface area contributed by atoms with Gasteiger partial charge in [-0.25, -0.2) is 0 Å². The number of rotatable bonds is 1. The third-order valence-corrected chi connectivity index (χ3v) is 3.22. The number of nitrogens with zero attached hydrogens (tertiary/aromatic N) is 2. The zero-order chi connectivity index (χ0) is 14.1. The Hall–Kier alpha value is -3.00. The fraction of sp³-hybridized carbons (Fsp3) is 0.0667. The Morgan fingerprint density at radius 3 is 2.90 bits per heavy atom. The van der Waals surface area contributed by atoms with Crippen LogP contribution in [0.2, 0.25) is 0 Å². The van der Waals surface area contributed by atoms with E-state index in [1.54, 1.807) is 30.6 Å². The number of allylic oxidation sites excluding steroid dienone is 1. The number of phenolic OH excluding ortho intramolecular Hbond substituents is 1. The summed E-state index contributed by atoms with van der Waals surface area (Å²) in [6, 6.07) is 10.5. The Bertz CT molecular complexity index is 733. The molecule has 5 heteroatoms. The first-order chi connectivity index (χ1) is 9.70. The number of benzene rings is 1. The van der Waals surface area contributed by atoms with Gasteiger partial charge in [-0.2, -0.15) is 5.26 Å². The van der Waals surface area contributed by atoms with E-state index in [4.69, 9.17) is 10.5 Å². The summed E-state index contributed by atoms with van der Waals surface area (Å²) in [6.45, 7) is 0. The molecule has 3 rings (SSSR count). The van der Waals surface area contributed by atoms with Gasteiger partial charge in [0.2, 0.25) is 5.88 Å². The maximum atomic E-state index is 9.68. The van der Waals surface area contributed by atoms with Gasteiger partial charge in [-0.1, -0.05) is 6.07 Å². The van der Waals surface area contributed by atoms with E-state index in [2.05, 4.69) is 11.1 Å². The second-order valence-electron chi connectivity index (χ2n) is 4.43. The summed E-state index contributed by atoms with van der Waals surface area (Å²) in [7, 11) is 0. The van der Waals surface area contributed by atoms with Crippen molar-refractivity contribution in [3.63, 3.8) is 0 Å². The molecule has 0 aliphatic carbocycles. The number of fused-ring (bicyclic) bond motifs is 1. The highest BCUT2D eigenvalue weighted by atomic mass is 16.5. The van der Waals surface area contributed by atoms with Crippen molar-refractivity contribution in [2.75, 3.05) is 0 Å². The molecule has 1 aromatic heterocycles. The third-order valence-electron chi connectivity index (χ3n) is 3.22. The van der Waals surface area contributed by atoms with Crippen LogP contribution < -0.4 is 10.5 Å². The van der Waals surface area contributed by atoms with Crippen LogP contribution in [0, 0.1) is 11.3 Å². The Balaban J connectivity index is 2.24. The molecule has 98 valence electrons. The van der Waals surface area contributed by atoms with E-state index in [1.807, 2.05) is 6.07 Å². The number of hydrogen-bond donors (Lipinski definition) is 2. The maximum Gasteiger partial charge on any atom is 0.205 e. The van der Waals surface area contributed by atoms with Crippen LogP contribution in [-0.4, -0.2) is 10.1 Å². The summed E-state index contributed by atoms with van der Waals surface area (Å²) in [5.74, 6) is 0.344. The average molecular weight is 265 g/mol. The predicted molar refractivity (Wildman–Crippen MR) is 71.6 cm³/mol. The first kappa shape index (κ1) is 12.1. The average Bonchev–Trinajstić information content (AvgIpc) is 2.47. The molecular weight excluding hydrogens is 254 g/mol. The topological polar surface area (TPSA) is 92.2 Å². The summed E-state index contributed by atoms with van der Waals surface area (Å²) in [4.78, 5) is 4.07. The summed E-state index contributed by atoms with van der Waals surface area (Å²) < 4.78 is 5.45. The zero-order valence-electron chi connectivity index (χ0n) is 10.4. The number of hydrogen-bond acceptors (Lipinski definition) is 5. The number of nitrogens with two attached hydrogens (primary N) is 1. The number of nitriles is 1. The second kappa shape index (κ2) is 4.59. The van der Waals surface area contributed by atoms with Crippen LogP contribution in [0.1, 0.15) is 17.0 Å². The fourth-order valence-electron chi connectivity index (χ4n) is 2.34. The maximum absolute atomic E-state index is 9.68. The second-order valence-corrected chi connectivity index (χ2v) is 4.43. The van der Waals surface area contributed by atoms with Crippen LogP contribution >= 0.6 is 0 Å². The SMILES string of the molecule is N#CC1=C(N)Oc2ccc(O)cc2C1c1cccnc1. The lowest BCUT2D eigenvalue weighted by Gasteiger charge is -2.26. The normalized spacial score (nSPS) is 17.1. The smallest absolute Gasteiger partial charge is 0.205 e. The van der Waals surface area contributed by atoms with Crippen molar-refractivity contribution < 1.29 is 9.84 Å². The van der Waals surface area contributed by atoms with Gasteiger partial charge in [0.05, 0.1) is 5.92 Å². The molecule has 0 amide bonds. The third kappa shape index (κ3) is 1.84. The van der Waals surface area contributed by atoms with E-state index in [1.165, 1.54) is 6.07 Å². The highest BCUT2D eigenvalue weighted by molar-refractivity contribution is 5.56. The predicted octanol–water partition coefficient (Wildman–Crippen LogP) is 2.01. The molecule has 3 N–H and O–H groups in total. The minimum Gasteiger partial charge on any atom is -0.508 e. The zero-order valence-corrected chi connectivity index (χ0v) is 10.4. The molecule has 1 aliphatic rings. The molecule has 0 bridgehead atoms. The van der Waals surface area contributed by atoms with Crippen molar-refractivity contribution in [2.45, 2.75) is 5.92 Å². The minimum atomic E-state index is -0.385. The van der Waals surface area contributed by atoms with Gasteiger partial charge in [-0.3, -0.25) is 4.98 Å². The molecule has 2 heterocycles. The first-order valence-electron chi connectivity index (χ1n) is 6.01. The van der Waals surface area contributed by atoms with E-state index in [-0.39, 0.29) is 17.6 Å². The van der Waals surface area contributed by atoms with E-state index in [9.17, 15) is 10.4 Å². The standard InChI is InChI=1S/C15H11N3O2/c16-7-12-14(9-2-1-5-18-8-9)11-6-10(19)3-4-13(11)20-15(12)17/h1-6,8,14,19H,17H2. The van der Waals surface area contributed by atoms with Crippen LogP contribution in [0.3, 0.4) is 0 Å². The molecule has 0 radical (unpaired) electrons. The molecule has 0 fully saturated rings. The van der Waals surface area contributed by atoms with Gasteiger partial charge in [-0.05, 0) is 29.8 Å². The number of ether oxygens (including phenoxy) is 1. The molecule has 1 aliphatic heterocycles. The quantitative estimate of drug-likeness (QED) is 0.822. The molecular formula is C15H11N3O2. The summed E-state index contributed by atoms with van der Waals surface area (Å²) in [5, 5.41) is 19.0. The van der Waals surface area contributed by atoms with E-state index in [0.717, 1.165) is 5.56 Å². The molecule has 0 spiro atoms. The van der Waals surface area contributed by atoms with Gasteiger partial charge in [0.15, 0.2) is 0 Å². The number of pyridine rings is 1. The lowest BCUT2D eigenvalue weighted by atomic mass is 9.84. The van der Waals surface area contributed by atoms with E-state index >= 15 is 0 Å². The monoisotopic (exact) mass is 265 g/mol. The molecule has 0 saturated heterocycles. The lowest BCUT2D eigenvalue weighted by Crippen LogP contribution is -2.21. The van der Waals surface area contributed by atoms with Crippen LogP contribution in [0.4, 0.5) is 0 Å². The largest absolute Gasteiger partial charge is 0.508 e. The fourth-order valence-corrected chi connectivity index (χ4v) is 2.34. The van der Waals surface area contributed by atoms with Crippen molar-refractivity contribution in [2.24, 2.45) is 5.73 Å². The molecule has 20 heavy (non-hydrogen) atoms. The molecule has 5 nitrogen and oxygen atoms in total. The van der Waals surface area contributed by atoms with Crippen molar-refractivity contribution in [1.82, 2.24) is 4.98 Å². The highest BCUT2D eigenvalue weighted by Gasteiger charge is 2.30. The van der Waals surface area contributed by atoms with Crippen molar-refractivity contribution >= 4 is 0 Å². The Kier molecular flexibility index (Phi) is 2.77. The summed E-state index contributed by atoms with van der Waals surface area (Å²) in [6.07, 6.45) is 3.33. The van der Waals surface area contributed by atoms with Gasteiger partial charge in [0, 0.05) is 18.0 Å². The van der Waals surface area contributed by atoms with E-state index < -0.39 is 0 Å². The first-order valence-corrected chi connectivity index (χ1v) is 6.01. The highest BCUT2D eigenvalue weighted by Crippen LogP contribution is 2.42. The summed E-state index contributed by atoms with van der Waals surface area (Å²) in [5.41, 5.74) is 7.66. The Labute approximate surface area is 115 Å². The molecule has 1 atom stereocenters. The van der Waals surface area contributed by atoms with Crippen LogP contribution in [0.25, 0.3) is 0 Å². The summed E-state index contributed by atoms with van der Waals surface area (Å²) >= 11 is 0. The molecule has 0 saturated carbocycles. The minimum absolute atomic E-state index is 0.0829. The van der Waals surface area contributed by atoms with Crippen molar-refractivity contribution in [1.29, 1.82) is 5.26 Å². The van der Waals surface area contributed by atoms with Crippen LogP contribution in [-0.2, 0) is 0 Å². The van der Waals surface area contributed by atoms with Gasteiger partial charge in [0.25, 0.3) is 0 Å². The van der Waals surface area contributed by atoms with Gasteiger partial charge in [0.1, 0.15) is 23.1 Å². The van der Waals surface area contributed by atoms with Crippen LogP contribution in [0.15, 0.2) is 54.2 Å². The molecule has 1 unspecified atom stereocenters. The van der Waals surface area contributed by atoms with E-state index in [0.29, 0.717) is 16.9 Å². The van der Waals surface area contributed by atoms with Crippen molar-refractivity contribution in [3.8, 4) is 17.6 Å².